The molecular weight excluding hydrogens is 256 g/mol. The minimum Gasteiger partial charge on any atom is -0.414 e. The molecule has 1 aliphatic rings. The fraction of sp³-hybridized carbons (Fsp3) is 0.467. The number of aromatic nitrogens is 2. The van der Waals surface area contributed by atoms with Crippen LogP contribution < -0.4 is 0 Å². The van der Waals surface area contributed by atoms with Gasteiger partial charge in [-0.25, -0.2) is 5.10 Å². The van der Waals surface area contributed by atoms with Crippen LogP contribution in [0.2, 0.25) is 0 Å². The Labute approximate surface area is 118 Å². The van der Waals surface area contributed by atoms with Gasteiger partial charge in [0.25, 0.3) is 4.84 Å². The number of nitrogens with zero attached hydrogens (tertiary/aromatic N) is 1. The van der Waals surface area contributed by atoms with Gasteiger partial charge in [0.1, 0.15) is 0 Å². The van der Waals surface area contributed by atoms with E-state index in [9.17, 15) is 0 Å². The molecule has 0 saturated heterocycles. The van der Waals surface area contributed by atoms with Crippen molar-refractivity contribution in [3.63, 3.8) is 0 Å². The van der Waals surface area contributed by atoms with Gasteiger partial charge >= 0.3 is 0 Å². The van der Waals surface area contributed by atoms with Crippen molar-refractivity contribution in [3.8, 4) is 0 Å². The van der Waals surface area contributed by atoms with Crippen molar-refractivity contribution in [1.82, 2.24) is 10.2 Å². The first kappa shape index (κ1) is 12.6. The number of nitrogens with one attached hydrogen (secondary N) is 1. The largest absolute Gasteiger partial charge is 0.414 e. The van der Waals surface area contributed by atoms with Crippen LogP contribution >= 0.6 is 12.2 Å². The predicted octanol–water partition coefficient (Wildman–Crippen LogP) is 4.09. The highest BCUT2D eigenvalue weighted by atomic mass is 32.1. The van der Waals surface area contributed by atoms with E-state index in [0.29, 0.717) is 10.8 Å². The molecule has 3 nitrogen and oxygen atoms in total. The van der Waals surface area contributed by atoms with E-state index >= 15 is 0 Å². The average Bonchev–Trinajstić information content (AvgIpc) is 3.11. The summed E-state index contributed by atoms with van der Waals surface area (Å²) in [6, 6.07) is 6.71. The molecule has 2 aromatic rings. The van der Waals surface area contributed by atoms with Crippen molar-refractivity contribution >= 4 is 12.2 Å². The Balaban J connectivity index is 1.90. The van der Waals surface area contributed by atoms with Crippen molar-refractivity contribution in [2.24, 2.45) is 5.92 Å². The Morgan fingerprint density at radius 1 is 1.42 bits per heavy atom. The quantitative estimate of drug-likeness (QED) is 0.854. The van der Waals surface area contributed by atoms with Crippen LogP contribution in [0.5, 0.6) is 0 Å². The molecular formula is C15H18N2OS. The van der Waals surface area contributed by atoms with Crippen LogP contribution in [0.25, 0.3) is 0 Å². The van der Waals surface area contributed by atoms with E-state index in [-0.39, 0.29) is 0 Å². The number of H-pyrrole nitrogens is 1. The molecule has 1 atom stereocenters. The van der Waals surface area contributed by atoms with Gasteiger partial charge in [-0.05, 0) is 61.9 Å². The maximum atomic E-state index is 5.43. The Bertz CT molecular complexity index is 640. The molecule has 19 heavy (non-hydrogen) atoms. The molecule has 0 aliphatic heterocycles. The third-order valence-corrected chi connectivity index (χ3v) is 4.07. The summed E-state index contributed by atoms with van der Waals surface area (Å²) in [5, 5.41) is 6.85. The van der Waals surface area contributed by atoms with Gasteiger partial charge in [-0.1, -0.05) is 23.8 Å². The molecule has 0 bridgehead atoms. The topological polar surface area (TPSA) is 41.8 Å². The Kier molecular flexibility index (Phi) is 3.27. The summed E-state index contributed by atoms with van der Waals surface area (Å²) in [7, 11) is 0. The van der Waals surface area contributed by atoms with Gasteiger partial charge in [-0.15, -0.1) is 5.10 Å². The normalized spacial score (nSPS) is 16.5. The lowest BCUT2D eigenvalue weighted by atomic mass is 9.87. The summed E-state index contributed by atoms with van der Waals surface area (Å²) in [6.07, 6.45) is 3.45. The molecule has 1 aliphatic carbocycles. The Hall–Kier alpha value is -1.42. The van der Waals surface area contributed by atoms with Crippen LogP contribution in [0.4, 0.5) is 0 Å². The number of benzene rings is 1. The second-order valence-corrected chi connectivity index (χ2v) is 5.89. The summed E-state index contributed by atoms with van der Waals surface area (Å²) in [5.74, 6) is 1.99. The summed E-state index contributed by atoms with van der Waals surface area (Å²) in [6.45, 7) is 4.33. The summed E-state index contributed by atoms with van der Waals surface area (Å²) in [4.78, 5) is 0.366. The van der Waals surface area contributed by atoms with E-state index in [1.165, 1.54) is 29.5 Å². The first-order valence-corrected chi connectivity index (χ1v) is 7.16. The average molecular weight is 274 g/mol. The zero-order chi connectivity index (χ0) is 13.4. The molecule has 3 rings (SSSR count). The summed E-state index contributed by atoms with van der Waals surface area (Å²) >= 11 is 4.94. The monoisotopic (exact) mass is 274 g/mol. The SMILES string of the molecule is Cc1ccc(C(Cc2n[nH]c(=S)o2)C2CC2)c(C)c1. The number of hydrogen-bond donors (Lipinski definition) is 1. The van der Waals surface area contributed by atoms with Crippen LogP contribution in [0, 0.1) is 24.6 Å². The number of aromatic amines is 1. The minimum absolute atomic E-state index is 0.366. The zero-order valence-electron chi connectivity index (χ0n) is 11.3. The van der Waals surface area contributed by atoms with Crippen LogP contribution in [0.15, 0.2) is 22.6 Å². The molecule has 0 radical (unpaired) electrons. The zero-order valence-corrected chi connectivity index (χ0v) is 12.1. The van der Waals surface area contributed by atoms with E-state index in [2.05, 4.69) is 42.2 Å². The Morgan fingerprint density at radius 2 is 2.21 bits per heavy atom. The smallest absolute Gasteiger partial charge is 0.284 e. The van der Waals surface area contributed by atoms with E-state index in [0.717, 1.165) is 18.2 Å². The third kappa shape index (κ3) is 2.78. The first-order valence-electron chi connectivity index (χ1n) is 6.75. The van der Waals surface area contributed by atoms with E-state index in [4.69, 9.17) is 16.6 Å². The maximum Gasteiger partial charge on any atom is 0.284 e. The lowest BCUT2D eigenvalue weighted by Crippen LogP contribution is -2.08. The first-order chi connectivity index (χ1) is 9.13. The third-order valence-electron chi connectivity index (χ3n) is 3.89. The molecule has 4 heteroatoms. The molecule has 1 heterocycles. The predicted molar refractivity (Wildman–Crippen MR) is 76.8 cm³/mol. The second-order valence-electron chi connectivity index (χ2n) is 5.51. The van der Waals surface area contributed by atoms with Gasteiger partial charge in [0.05, 0.1) is 0 Å². The number of hydrogen-bond acceptors (Lipinski definition) is 3. The van der Waals surface area contributed by atoms with Crippen molar-refractivity contribution in [3.05, 3.63) is 45.6 Å². The molecule has 0 amide bonds. The molecule has 1 saturated carbocycles. The molecule has 1 aromatic carbocycles. The van der Waals surface area contributed by atoms with Crippen LogP contribution in [-0.4, -0.2) is 10.2 Å². The Morgan fingerprint density at radius 3 is 2.79 bits per heavy atom. The van der Waals surface area contributed by atoms with Crippen LogP contribution in [-0.2, 0) is 6.42 Å². The van der Waals surface area contributed by atoms with Crippen molar-refractivity contribution in [2.75, 3.05) is 0 Å². The molecule has 1 N–H and O–H groups in total. The molecule has 1 aromatic heterocycles. The van der Waals surface area contributed by atoms with Gasteiger partial charge in [-0.2, -0.15) is 0 Å². The second kappa shape index (κ2) is 4.93. The van der Waals surface area contributed by atoms with Crippen molar-refractivity contribution in [1.29, 1.82) is 0 Å². The highest BCUT2D eigenvalue weighted by Gasteiger charge is 2.34. The van der Waals surface area contributed by atoms with Crippen molar-refractivity contribution < 1.29 is 4.42 Å². The highest BCUT2D eigenvalue weighted by molar-refractivity contribution is 7.71. The highest BCUT2D eigenvalue weighted by Crippen LogP contribution is 2.45. The molecule has 1 fully saturated rings. The van der Waals surface area contributed by atoms with E-state index < -0.39 is 0 Å². The van der Waals surface area contributed by atoms with E-state index in [1.54, 1.807) is 0 Å². The van der Waals surface area contributed by atoms with Crippen LogP contribution in [0.3, 0.4) is 0 Å². The molecule has 100 valence electrons. The van der Waals surface area contributed by atoms with Gasteiger partial charge in [-0.3, -0.25) is 0 Å². The summed E-state index contributed by atoms with van der Waals surface area (Å²) < 4.78 is 5.43. The van der Waals surface area contributed by atoms with E-state index in [1.807, 2.05) is 0 Å². The fourth-order valence-electron chi connectivity index (χ4n) is 2.81. The fourth-order valence-corrected chi connectivity index (χ4v) is 2.95. The van der Waals surface area contributed by atoms with Crippen LogP contribution in [0.1, 0.15) is 41.3 Å². The lowest BCUT2D eigenvalue weighted by molar-refractivity contribution is 0.445. The minimum atomic E-state index is 0.366. The number of aryl methyl sites for hydroxylation is 2. The molecule has 1 unspecified atom stereocenters. The standard InChI is InChI=1S/C15H18N2OS/c1-9-3-6-12(10(2)7-9)13(11-4-5-11)8-14-16-17-15(19)18-14/h3,6-7,11,13H,4-5,8H2,1-2H3,(H,17,19). The molecule has 0 spiro atoms. The van der Waals surface area contributed by atoms with Gasteiger partial charge in [0.15, 0.2) is 0 Å². The summed E-state index contributed by atoms with van der Waals surface area (Å²) in [5.41, 5.74) is 4.11. The van der Waals surface area contributed by atoms with Gasteiger partial charge in [0, 0.05) is 6.42 Å². The van der Waals surface area contributed by atoms with Crippen molar-refractivity contribution in [2.45, 2.75) is 39.0 Å². The maximum absolute atomic E-state index is 5.43. The van der Waals surface area contributed by atoms with Gasteiger partial charge < -0.3 is 4.42 Å². The number of rotatable bonds is 4. The lowest BCUT2D eigenvalue weighted by Gasteiger charge is -2.17. The van der Waals surface area contributed by atoms with Gasteiger partial charge in [0.2, 0.25) is 5.89 Å².